The van der Waals surface area contributed by atoms with Gasteiger partial charge in [-0.15, -0.1) is 0 Å². The molecule has 1 unspecified atom stereocenters. The van der Waals surface area contributed by atoms with Gasteiger partial charge in [-0.25, -0.2) is 0 Å². The molecule has 2 aliphatic rings. The van der Waals surface area contributed by atoms with E-state index in [0.29, 0.717) is 12.6 Å². The van der Waals surface area contributed by atoms with Gasteiger partial charge in [0.2, 0.25) is 5.91 Å². The highest BCUT2D eigenvalue weighted by Gasteiger charge is 2.28. The van der Waals surface area contributed by atoms with Crippen LogP contribution in [0.1, 0.15) is 77.2 Å². The van der Waals surface area contributed by atoms with E-state index in [2.05, 4.69) is 66.1 Å². The topological polar surface area (TPSA) is 23.6 Å². The SMILES string of the molecule is CCCCc1cccc(N(CCCC)C(=O)CN2CCCC2CCC2=CC=CC2)c1. The minimum atomic E-state index is 0.268. The molecule has 1 atom stereocenters. The number of rotatable bonds is 12. The van der Waals surface area contributed by atoms with E-state index in [4.69, 9.17) is 0 Å². The number of benzene rings is 1. The van der Waals surface area contributed by atoms with Gasteiger partial charge < -0.3 is 4.90 Å². The Hall–Kier alpha value is -1.87. The molecule has 0 N–H and O–H groups in total. The van der Waals surface area contributed by atoms with Crippen LogP contribution in [0.15, 0.2) is 48.1 Å². The first-order chi connectivity index (χ1) is 14.7. The lowest BCUT2D eigenvalue weighted by molar-refractivity contribution is -0.120. The maximum Gasteiger partial charge on any atom is 0.241 e. The van der Waals surface area contributed by atoms with E-state index in [1.54, 1.807) is 5.57 Å². The number of anilines is 1. The molecule has 3 nitrogen and oxygen atoms in total. The van der Waals surface area contributed by atoms with E-state index < -0.39 is 0 Å². The van der Waals surface area contributed by atoms with E-state index in [0.717, 1.165) is 44.5 Å². The first-order valence-corrected chi connectivity index (χ1v) is 12.2. The summed E-state index contributed by atoms with van der Waals surface area (Å²) in [6.45, 7) is 6.87. The largest absolute Gasteiger partial charge is 0.311 e. The summed E-state index contributed by atoms with van der Waals surface area (Å²) >= 11 is 0. The smallest absolute Gasteiger partial charge is 0.241 e. The molecule has 0 bridgehead atoms. The highest BCUT2D eigenvalue weighted by Crippen LogP contribution is 2.26. The van der Waals surface area contributed by atoms with Crippen LogP contribution >= 0.6 is 0 Å². The number of nitrogens with zero attached hydrogens (tertiary/aromatic N) is 2. The van der Waals surface area contributed by atoms with Crippen LogP contribution in [0.3, 0.4) is 0 Å². The maximum absolute atomic E-state index is 13.4. The second-order valence-corrected chi connectivity index (χ2v) is 8.93. The van der Waals surface area contributed by atoms with Gasteiger partial charge in [0.25, 0.3) is 0 Å². The predicted molar refractivity (Wildman–Crippen MR) is 128 cm³/mol. The Morgan fingerprint density at radius 1 is 1.17 bits per heavy atom. The third-order valence-corrected chi connectivity index (χ3v) is 6.56. The number of allylic oxidation sites excluding steroid dienone is 4. The number of hydrogen-bond acceptors (Lipinski definition) is 2. The fraction of sp³-hybridized carbons (Fsp3) is 0.593. The van der Waals surface area contributed by atoms with Crippen molar-refractivity contribution in [1.82, 2.24) is 4.90 Å². The quantitative estimate of drug-likeness (QED) is 0.405. The molecule has 1 aliphatic heterocycles. The standard InChI is InChI=1S/C27H40N2O/c1-3-5-11-24-14-9-15-26(21-24)29(20-6-4-2)27(30)22-28-19-10-16-25(28)18-17-23-12-7-8-13-23/h7-9,12,14-15,21,25H,3-6,10-11,13,16-20,22H2,1-2H3. The summed E-state index contributed by atoms with van der Waals surface area (Å²) in [5.74, 6) is 0.268. The number of likely N-dealkylation sites (tertiary alicyclic amines) is 1. The van der Waals surface area contributed by atoms with Gasteiger partial charge in [0, 0.05) is 18.3 Å². The van der Waals surface area contributed by atoms with Gasteiger partial charge in [0.05, 0.1) is 6.54 Å². The fourth-order valence-electron chi connectivity index (χ4n) is 4.69. The van der Waals surface area contributed by atoms with Crippen LogP contribution in [0.4, 0.5) is 5.69 Å². The van der Waals surface area contributed by atoms with Gasteiger partial charge in [-0.3, -0.25) is 9.69 Å². The van der Waals surface area contributed by atoms with E-state index in [1.807, 2.05) is 0 Å². The van der Waals surface area contributed by atoms with Gasteiger partial charge >= 0.3 is 0 Å². The summed E-state index contributed by atoms with van der Waals surface area (Å²) in [7, 11) is 0. The summed E-state index contributed by atoms with van der Waals surface area (Å²) < 4.78 is 0. The Bertz CT molecular complexity index is 736. The number of carbonyl (C=O) groups is 1. The minimum absolute atomic E-state index is 0.268. The molecular weight excluding hydrogens is 368 g/mol. The maximum atomic E-state index is 13.4. The van der Waals surface area contributed by atoms with E-state index >= 15 is 0 Å². The molecule has 1 saturated heterocycles. The summed E-state index contributed by atoms with van der Waals surface area (Å²) in [6, 6.07) is 9.23. The minimum Gasteiger partial charge on any atom is -0.311 e. The van der Waals surface area contributed by atoms with Crippen LogP contribution in [-0.2, 0) is 11.2 Å². The zero-order chi connectivity index (χ0) is 21.2. The van der Waals surface area contributed by atoms with Crippen molar-refractivity contribution in [3.8, 4) is 0 Å². The number of hydrogen-bond donors (Lipinski definition) is 0. The van der Waals surface area contributed by atoms with E-state index in [9.17, 15) is 4.79 Å². The van der Waals surface area contributed by atoms with Crippen LogP contribution in [0.2, 0.25) is 0 Å². The molecule has 164 valence electrons. The zero-order valence-corrected chi connectivity index (χ0v) is 19.1. The molecule has 0 saturated carbocycles. The molecule has 0 spiro atoms. The Labute approximate surface area is 183 Å². The van der Waals surface area contributed by atoms with Crippen LogP contribution in [0.25, 0.3) is 0 Å². The highest BCUT2D eigenvalue weighted by molar-refractivity contribution is 5.94. The van der Waals surface area contributed by atoms with Crippen molar-refractivity contribution in [2.24, 2.45) is 0 Å². The van der Waals surface area contributed by atoms with Crippen LogP contribution in [-0.4, -0.2) is 36.5 Å². The van der Waals surface area contributed by atoms with Crippen molar-refractivity contribution < 1.29 is 4.79 Å². The first kappa shape index (κ1) is 22.8. The molecule has 1 aliphatic carbocycles. The monoisotopic (exact) mass is 408 g/mol. The second-order valence-electron chi connectivity index (χ2n) is 8.93. The summed E-state index contributed by atoms with van der Waals surface area (Å²) in [6.07, 6.45) is 18.3. The van der Waals surface area contributed by atoms with Crippen molar-refractivity contribution in [3.63, 3.8) is 0 Å². The first-order valence-electron chi connectivity index (χ1n) is 12.2. The number of unbranched alkanes of at least 4 members (excludes halogenated alkanes) is 2. The lowest BCUT2D eigenvalue weighted by Gasteiger charge is -2.29. The normalized spacial score (nSPS) is 18.7. The molecule has 1 aromatic carbocycles. The number of carbonyl (C=O) groups excluding carboxylic acids is 1. The van der Waals surface area contributed by atoms with Crippen molar-refractivity contribution >= 4 is 11.6 Å². The predicted octanol–water partition coefficient (Wildman–Crippen LogP) is 6.29. The van der Waals surface area contributed by atoms with Gasteiger partial charge in [-0.05, 0) is 75.6 Å². The van der Waals surface area contributed by atoms with E-state index in [1.165, 1.54) is 44.1 Å². The molecule has 1 fully saturated rings. The summed E-state index contributed by atoms with van der Waals surface area (Å²) in [5, 5.41) is 0. The second kappa shape index (κ2) is 12.1. The molecule has 1 heterocycles. The van der Waals surface area contributed by atoms with Crippen LogP contribution < -0.4 is 4.90 Å². The number of aryl methyl sites for hydroxylation is 1. The summed E-state index contributed by atoms with van der Waals surface area (Å²) in [4.78, 5) is 17.9. The van der Waals surface area contributed by atoms with Crippen LogP contribution in [0.5, 0.6) is 0 Å². The molecule has 0 aromatic heterocycles. The Balaban J connectivity index is 1.62. The lowest BCUT2D eigenvalue weighted by atomic mass is 10.0. The van der Waals surface area contributed by atoms with Gasteiger partial charge in [0.1, 0.15) is 0 Å². The lowest BCUT2D eigenvalue weighted by Crippen LogP contribution is -2.42. The van der Waals surface area contributed by atoms with Crippen molar-refractivity contribution in [3.05, 3.63) is 53.6 Å². The van der Waals surface area contributed by atoms with Crippen molar-refractivity contribution in [2.75, 3.05) is 24.5 Å². The Morgan fingerprint density at radius 3 is 2.80 bits per heavy atom. The fourth-order valence-corrected chi connectivity index (χ4v) is 4.69. The Kier molecular flexibility index (Phi) is 9.20. The van der Waals surface area contributed by atoms with Gasteiger partial charge in [0.15, 0.2) is 0 Å². The molecule has 30 heavy (non-hydrogen) atoms. The zero-order valence-electron chi connectivity index (χ0n) is 19.1. The molecule has 3 heteroatoms. The third-order valence-electron chi connectivity index (χ3n) is 6.56. The molecule has 1 amide bonds. The third kappa shape index (κ3) is 6.57. The molecule has 1 aromatic rings. The van der Waals surface area contributed by atoms with Gasteiger partial charge in [-0.2, -0.15) is 0 Å². The number of amides is 1. The highest BCUT2D eigenvalue weighted by atomic mass is 16.2. The molecular formula is C27H40N2O. The molecule has 0 radical (unpaired) electrons. The summed E-state index contributed by atoms with van der Waals surface area (Å²) in [5.41, 5.74) is 3.97. The average Bonchev–Trinajstić information content (AvgIpc) is 3.43. The van der Waals surface area contributed by atoms with Crippen molar-refractivity contribution in [2.45, 2.75) is 84.1 Å². The van der Waals surface area contributed by atoms with Crippen LogP contribution in [0, 0.1) is 0 Å². The molecule has 3 rings (SSSR count). The van der Waals surface area contributed by atoms with Crippen molar-refractivity contribution in [1.29, 1.82) is 0 Å². The Morgan fingerprint density at radius 2 is 2.03 bits per heavy atom. The van der Waals surface area contributed by atoms with Gasteiger partial charge in [-0.1, -0.05) is 62.6 Å². The van der Waals surface area contributed by atoms with E-state index in [-0.39, 0.29) is 5.91 Å². The average molecular weight is 409 g/mol.